The molecule has 1 aliphatic heterocycles. The van der Waals surface area contributed by atoms with Gasteiger partial charge in [-0.1, -0.05) is 25.1 Å². The highest BCUT2D eigenvalue weighted by atomic mass is 15.2. The van der Waals surface area contributed by atoms with E-state index in [9.17, 15) is 0 Å². The van der Waals surface area contributed by atoms with Gasteiger partial charge in [-0.2, -0.15) is 0 Å². The van der Waals surface area contributed by atoms with E-state index >= 15 is 0 Å². The van der Waals surface area contributed by atoms with E-state index in [0.717, 1.165) is 13.1 Å². The molecule has 2 unspecified atom stereocenters. The SMILES string of the molecule is CCCNCC(C)N1c2ccccc2CC1C. The normalized spacial score (nSPS) is 20.4. The van der Waals surface area contributed by atoms with Gasteiger partial charge in [-0.05, 0) is 44.9 Å². The Labute approximate surface area is 105 Å². The second-order valence-corrected chi connectivity index (χ2v) is 5.14. The average molecular weight is 232 g/mol. The average Bonchev–Trinajstić information content (AvgIpc) is 2.65. The van der Waals surface area contributed by atoms with Crippen LogP contribution in [0, 0.1) is 0 Å². The molecule has 0 saturated carbocycles. The minimum atomic E-state index is 0.570. The van der Waals surface area contributed by atoms with Crippen molar-refractivity contribution in [2.75, 3.05) is 18.0 Å². The molecule has 2 atom stereocenters. The maximum absolute atomic E-state index is 3.52. The molecule has 94 valence electrons. The molecule has 0 spiro atoms. The van der Waals surface area contributed by atoms with E-state index in [1.54, 1.807) is 0 Å². The standard InChI is InChI=1S/C15H24N2/c1-4-9-16-11-13(3)17-12(2)10-14-7-5-6-8-15(14)17/h5-8,12-13,16H,4,9-11H2,1-3H3. The van der Waals surface area contributed by atoms with Crippen LogP contribution in [0.5, 0.6) is 0 Å². The molecule has 2 heteroatoms. The van der Waals surface area contributed by atoms with Gasteiger partial charge in [0.15, 0.2) is 0 Å². The Morgan fingerprint density at radius 1 is 1.41 bits per heavy atom. The van der Waals surface area contributed by atoms with Crippen molar-refractivity contribution < 1.29 is 0 Å². The molecule has 0 radical (unpaired) electrons. The Bertz CT molecular complexity index is 362. The molecule has 1 aromatic carbocycles. The summed E-state index contributed by atoms with van der Waals surface area (Å²) < 4.78 is 0. The fraction of sp³-hybridized carbons (Fsp3) is 0.600. The van der Waals surface area contributed by atoms with Gasteiger partial charge in [0, 0.05) is 24.3 Å². The lowest BCUT2D eigenvalue weighted by Gasteiger charge is -2.32. The van der Waals surface area contributed by atoms with Crippen LogP contribution in [-0.2, 0) is 6.42 Å². The summed E-state index contributed by atoms with van der Waals surface area (Å²) in [5.74, 6) is 0. The van der Waals surface area contributed by atoms with E-state index in [1.165, 1.54) is 24.1 Å². The number of benzene rings is 1. The van der Waals surface area contributed by atoms with Crippen molar-refractivity contribution in [2.45, 2.75) is 45.7 Å². The van der Waals surface area contributed by atoms with Crippen molar-refractivity contribution in [1.29, 1.82) is 0 Å². The summed E-state index contributed by atoms with van der Waals surface area (Å²) >= 11 is 0. The molecule has 1 heterocycles. The van der Waals surface area contributed by atoms with Gasteiger partial charge in [0.05, 0.1) is 0 Å². The number of nitrogens with zero attached hydrogens (tertiary/aromatic N) is 1. The lowest BCUT2D eigenvalue weighted by atomic mass is 10.1. The summed E-state index contributed by atoms with van der Waals surface area (Å²) in [7, 11) is 0. The quantitative estimate of drug-likeness (QED) is 0.785. The van der Waals surface area contributed by atoms with E-state index in [2.05, 4.69) is 55.3 Å². The molecule has 0 bridgehead atoms. The third-order valence-corrected chi connectivity index (χ3v) is 3.60. The molecule has 17 heavy (non-hydrogen) atoms. The van der Waals surface area contributed by atoms with Crippen LogP contribution in [0.3, 0.4) is 0 Å². The van der Waals surface area contributed by atoms with Crippen molar-refractivity contribution in [3.05, 3.63) is 29.8 Å². The monoisotopic (exact) mass is 232 g/mol. The largest absolute Gasteiger partial charge is 0.364 e. The second-order valence-electron chi connectivity index (χ2n) is 5.14. The fourth-order valence-electron chi connectivity index (χ4n) is 2.85. The number of anilines is 1. The highest BCUT2D eigenvalue weighted by Gasteiger charge is 2.28. The first-order valence-electron chi connectivity index (χ1n) is 6.81. The Balaban J connectivity index is 2.05. The third-order valence-electron chi connectivity index (χ3n) is 3.60. The summed E-state index contributed by atoms with van der Waals surface area (Å²) in [4.78, 5) is 2.57. The van der Waals surface area contributed by atoms with E-state index in [0.29, 0.717) is 12.1 Å². The first-order chi connectivity index (χ1) is 8.24. The van der Waals surface area contributed by atoms with Gasteiger partial charge in [0.2, 0.25) is 0 Å². The molecule has 2 nitrogen and oxygen atoms in total. The molecule has 1 N–H and O–H groups in total. The minimum Gasteiger partial charge on any atom is -0.364 e. The van der Waals surface area contributed by atoms with Gasteiger partial charge in [0.1, 0.15) is 0 Å². The summed E-state index contributed by atoms with van der Waals surface area (Å²) in [6.07, 6.45) is 2.40. The molecule has 1 aromatic rings. The maximum atomic E-state index is 3.52. The zero-order valence-electron chi connectivity index (χ0n) is 11.2. The van der Waals surface area contributed by atoms with Crippen molar-refractivity contribution in [2.24, 2.45) is 0 Å². The van der Waals surface area contributed by atoms with E-state index in [4.69, 9.17) is 0 Å². The maximum Gasteiger partial charge on any atom is 0.0404 e. The second kappa shape index (κ2) is 5.54. The molecule has 0 aromatic heterocycles. The van der Waals surface area contributed by atoms with Gasteiger partial charge < -0.3 is 10.2 Å². The van der Waals surface area contributed by atoms with Gasteiger partial charge in [0.25, 0.3) is 0 Å². The molecule has 0 fully saturated rings. The third kappa shape index (κ3) is 2.63. The van der Waals surface area contributed by atoms with Gasteiger partial charge in [-0.25, -0.2) is 0 Å². The predicted molar refractivity (Wildman–Crippen MR) is 74.7 cm³/mol. The molecule has 0 saturated heterocycles. The van der Waals surface area contributed by atoms with Crippen LogP contribution in [0.25, 0.3) is 0 Å². The summed E-state index contributed by atoms with van der Waals surface area (Å²) in [5, 5.41) is 3.52. The summed E-state index contributed by atoms with van der Waals surface area (Å²) in [5.41, 5.74) is 2.94. The van der Waals surface area contributed by atoms with Crippen LogP contribution in [0.4, 0.5) is 5.69 Å². The van der Waals surface area contributed by atoms with Gasteiger partial charge in [-0.3, -0.25) is 0 Å². The van der Waals surface area contributed by atoms with Crippen molar-refractivity contribution in [3.8, 4) is 0 Å². The van der Waals surface area contributed by atoms with E-state index < -0.39 is 0 Å². The molecule has 2 rings (SSSR count). The summed E-state index contributed by atoms with van der Waals surface area (Å²) in [6, 6.07) is 10.0. The summed E-state index contributed by atoms with van der Waals surface area (Å²) in [6.45, 7) is 9.06. The van der Waals surface area contributed by atoms with Crippen LogP contribution in [0.15, 0.2) is 24.3 Å². The highest BCUT2D eigenvalue weighted by Crippen LogP contribution is 2.33. The van der Waals surface area contributed by atoms with E-state index in [1.807, 2.05) is 0 Å². The van der Waals surface area contributed by atoms with Crippen molar-refractivity contribution in [3.63, 3.8) is 0 Å². The fourth-order valence-corrected chi connectivity index (χ4v) is 2.85. The first kappa shape index (κ1) is 12.4. The van der Waals surface area contributed by atoms with Gasteiger partial charge >= 0.3 is 0 Å². The van der Waals surface area contributed by atoms with Crippen LogP contribution < -0.4 is 10.2 Å². The van der Waals surface area contributed by atoms with Crippen LogP contribution >= 0.6 is 0 Å². The molecule has 0 aliphatic carbocycles. The van der Waals surface area contributed by atoms with E-state index in [-0.39, 0.29) is 0 Å². The number of para-hydroxylation sites is 1. The van der Waals surface area contributed by atoms with Gasteiger partial charge in [-0.15, -0.1) is 0 Å². The number of hydrogen-bond acceptors (Lipinski definition) is 2. The molecular formula is C15H24N2. The zero-order chi connectivity index (χ0) is 12.3. The smallest absolute Gasteiger partial charge is 0.0404 e. The Morgan fingerprint density at radius 3 is 2.94 bits per heavy atom. The van der Waals surface area contributed by atoms with Crippen LogP contribution in [-0.4, -0.2) is 25.2 Å². The zero-order valence-corrected chi connectivity index (χ0v) is 11.2. The van der Waals surface area contributed by atoms with Crippen LogP contribution in [0.1, 0.15) is 32.8 Å². The lowest BCUT2D eigenvalue weighted by Crippen LogP contribution is -2.43. The number of fused-ring (bicyclic) bond motifs is 1. The molecular weight excluding hydrogens is 208 g/mol. The Morgan fingerprint density at radius 2 is 2.18 bits per heavy atom. The Hall–Kier alpha value is -1.02. The van der Waals surface area contributed by atoms with Crippen molar-refractivity contribution in [1.82, 2.24) is 5.32 Å². The topological polar surface area (TPSA) is 15.3 Å². The Kier molecular flexibility index (Phi) is 4.06. The van der Waals surface area contributed by atoms with Crippen LogP contribution in [0.2, 0.25) is 0 Å². The molecule has 0 amide bonds. The molecule has 1 aliphatic rings. The predicted octanol–water partition coefficient (Wildman–Crippen LogP) is 2.83. The van der Waals surface area contributed by atoms with Crippen molar-refractivity contribution >= 4 is 5.69 Å². The minimum absolute atomic E-state index is 0.570. The highest BCUT2D eigenvalue weighted by molar-refractivity contribution is 5.59. The number of nitrogens with one attached hydrogen (secondary N) is 1. The lowest BCUT2D eigenvalue weighted by molar-refractivity contribution is 0.527. The number of rotatable bonds is 5. The number of hydrogen-bond donors (Lipinski definition) is 1. The first-order valence-corrected chi connectivity index (χ1v) is 6.81.